The van der Waals surface area contributed by atoms with Crippen LogP contribution in [0.15, 0.2) is 16.5 Å². The number of carbonyl (C=O) groups excluding carboxylic acids is 1. The van der Waals surface area contributed by atoms with Gasteiger partial charge in [0.15, 0.2) is 0 Å². The maximum atomic E-state index is 13.6. The summed E-state index contributed by atoms with van der Waals surface area (Å²) in [5.74, 6) is -3.25. The van der Waals surface area contributed by atoms with Crippen LogP contribution < -0.4 is 10.1 Å². The van der Waals surface area contributed by atoms with Crippen molar-refractivity contribution in [2.24, 2.45) is 0 Å². The van der Waals surface area contributed by atoms with Gasteiger partial charge in [-0.25, -0.2) is 13.6 Å². The number of benzene rings is 1. The number of nitrogens with zero attached hydrogens (tertiary/aromatic N) is 3. The van der Waals surface area contributed by atoms with E-state index in [0.717, 1.165) is 17.0 Å². The lowest BCUT2D eigenvalue weighted by molar-refractivity contribution is -0.325. The van der Waals surface area contributed by atoms with Gasteiger partial charge in [-0.1, -0.05) is 16.7 Å². The van der Waals surface area contributed by atoms with Crippen molar-refractivity contribution in [3.8, 4) is 6.08 Å². The normalized spacial score (nSPS) is 18.6. The molecule has 1 aromatic carbocycles. The molecule has 1 aromatic heterocycles. The number of hydrogen-bond acceptors (Lipinski definition) is 7. The zero-order valence-corrected chi connectivity index (χ0v) is 17.7. The Labute approximate surface area is 192 Å². The van der Waals surface area contributed by atoms with Crippen LogP contribution in [0.2, 0.25) is 5.02 Å². The molecule has 1 saturated heterocycles. The summed E-state index contributed by atoms with van der Waals surface area (Å²) >= 11 is 5.40. The highest BCUT2D eigenvalue weighted by atomic mass is 35.5. The molecule has 16 heteroatoms. The van der Waals surface area contributed by atoms with Crippen LogP contribution in [0.25, 0.3) is 0 Å². The van der Waals surface area contributed by atoms with E-state index in [9.17, 15) is 36.6 Å². The van der Waals surface area contributed by atoms with Gasteiger partial charge in [0, 0.05) is 18.2 Å². The second-order valence-corrected chi connectivity index (χ2v) is 7.38. The third kappa shape index (κ3) is 6.44. The summed E-state index contributed by atoms with van der Waals surface area (Å²) in [6.07, 6.45) is -6.34. The Bertz CT molecular complexity index is 1030. The van der Waals surface area contributed by atoms with Gasteiger partial charge in [-0.2, -0.15) is 0 Å². The number of nitrogens with one attached hydrogen (secondary N) is 1. The second kappa shape index (κ2) is 10.4. The molecule has 1 aliphatic rings. The van der Waals surface area contributed by atoms with Crippen LogP contribution in [0.1, 0.15) is 35.1 Å². The molecule has 0 radical (unpaired) electrons. The molecule has 0 unspecified atom stereocenters. The van der Waals surface area contributed by atoms with Crippen LogP contribution in [-0.2, 0) is 4.74 Å². The molecule has 2 N–H and O–H groups in total. The van der Waals surface area contributed by atoms with E-state index in [1.807, 2.05) is 0 Å². The number of rotatable bonds is 7. The quantitative estimate of drug-likeness (QED) is 0.326. The van der Waals surface area contributed by atoms with Gasteiger partial charge in [0.2, 0.25) is 5.89 Å². The molecule has 2 atom stereocenters. The van der Waals surface area contributed by atoms with Gasteiger partial charge in [0.05, 0.1) is 6.61 Å². The third-order valence-electron chi connectivity index (χ3n) is 4.69. The molecule has 0 spiro atoms. The minimum Gasteiger partial charge on any atom is -0.465 e. The number of likely N-dealkylation sites (tertiary alicyclic amines) is 1. The molecule has 10 nitrogen and oxygen atoms in total. The lowest BCUT2D eigenvalue weighted by Gasteiger charge is -2.36. The highest BCUT2D eigenvalue weighted by Crippen LogP contribution is 2.32. The van der Waals surface area contributed by atoms with Crippen LogP contribution >= 0.6 is 11.6 Å². The third-order valence-corrected chi connectivity index (χ3v) is 5.05. The zero-order chi connectivity index (χ0) is 25.0. The molecule has 3 rings (SSSR count). The Kier molecular flexibility index (Phi) is 7.76. The van der Waals surface area contributed by atoms with E-state index in [1.165, 1.54) is 0 Å². The first-order valence-electron chi connectivity index (χ1n) is 9.56. The summed E-state index contributed by atoms with van der Waals surface area (Å²) in [5, 5.41) is 18.5. The molecule has 0 aliphatic carbocycles. The number of carboxylic acid groups (broad SMARTS) is 1. The van der Waals surface area contributed by atoms with Gasteiger partial charge in [0.25, 0.3) is 5.91 Å². The highest BCUT2D eigenvalue weighted by Gasteiger charge is 2.37. The maximum absolute atomic E-state index is 13.6. The van der Waals surface area contributed by atoms with Gasteiger partial charge < -0.3 is 19.6 Å². The Balaban J connectivity index is 1.60. The number of piperidine rings is 1. The molecule has 1 aliphatic heterocycles. The van der Waals surface area contributed by atoms with Crippen molar-refractivity contribution in [3.63, 3.8) is 0 Å². The lowest BCUT2D eigenvalue weighted by Crippen LogP contribution is -2.50. The molecule has 2 aromatic rings. The average Bonchev–Trinajstić information content (AvgIpc) is 3.22. The fraction of sp³-hybridized carbons (Fsp3) is 0.444. The minimum absolute atomic E-state index is 0.111. The summed E-state index contributed by atoms with van der Waals surface area (Å²) < 4.78 is 76.7. The Morgan fingerprint density at radius 1 is 1.21 bits per heavy atom. The van der Waals surface area contributed by atoms with Gasteiger partial charge in [-0.3, -0.25) is 14.4 Å². The monoisotopic (exact) mass is 514 g/mol. The van der Waals surface area contributed by atoms with Crippen LogP contribution in [0.4, 0.5) is 26.7 Å². The van der Waals surface area contributed by atoms with E-state index in [2.05, 4.69) is 20.3 Å². The topological polar surface area (TPSA) is 127 Å². The van der Waals surface area contributed by atoms with Crippen molar-refractivity contribution >= 4 is 23.6 Å². The van der Waals surface area contributed by atoms with E-state index in [0.29, 0.717) is 0 Å². The molecule has 186 valence electrons. The van der Waals surface area contributed by atoms with E-state index in [4.69, 9.17) is 20.8 Å². The van der Waals surface area contributed by atoms with Gasteiger partial charge in [0.1, 0.15) is 29.3 Å². The van der Waals surface area contributed by atoms with E-state index < -0.39 is 66.4 Å². The van der Waals surface area contributed by atoms with Crippen molar-refractivity contribution in [3.05, 3.63) is 40.2 Å². The van der Waals surface area contributed by atoms with Crippen molar-refractivity contribution in [1.29, 1.82) is 0 Å². The lowest BCUT2D eigenvalue weighted by atomic mass is 9.98. The van der Waals surface area contributed by atoms with E-state index >= 15 is 0 Å². The molecular weight excluding hydrogens is 499 g/mol. The predicted octanol–water partition coefficient (Wildman–Crippen LogP) is 3.53. The van der Waals surface area contributed by atoms with Crippen molar-refractivity contribution in [1.82, 2.24) is 20.4 Å². The second-order valence-electron chi connectivity index (χ2n) is 7.00. The summed E-state index contributed by atoms with van der Waals surface area (Å²) in [6, 6.07) is -0.130. The molecule has 34 heavy (non-hydrogen) atoms. The van der Waals surface area contributed by atoms with E-state index in [-0.39, 0.29) is 30.8 Å². The van der Waals surface area contributed by atoms with Crippen molar-refractivity contribution < 1.29 is 50.5 Å². The number of ether oxygens (including phenoxy) is 2. The Hall–Kier alpha value is -3.20. The zero-order valence-electron chi connectivity index (χ0n) is 16.9. The summed E-state index contributed by atoms with van der Waals surface area (Å²) in [7, 11) is 0. The van der Waals surface area contributed by atoms with Crippen LogP contribution in [-0.4, -0.2) is 64.4 Å². The van der Waals surface area contributed by atoms with Gasteiger partial charge in [-0.05, 0) is 25.0 Å². The van der Waals surface area contributed by atoms with Gasteiger partial charge >= 0.3 is 18.5 Å². The average molecular weight is 515 g/mol. The summed E-state index contributed by atoms with van der Waals surface area (Å²) in [6.45, 7) is -1.59. The molecule has 2 amide bonds. The number of aromatic nitrogens is 2. The summed E-state index contributed by atoms with van der Waals surface area (Å²) in [4.78, 5) is 25.0. The molecule has 1 fully saturated rings. The highest BCUT2D eigenvalue weighted by molar-refractivity contribution is 6.31. The van der Waals surface area contributed by atoms with Crippen LogP contribution in [0.3, 0.4) is 0 Å². The SMILES string of the molecule is O=C(N[C@H]1CC[C@H](c2nnc(OCCOC(F)(F)F)o2)N(C(=O)O)C1)c1cc(F)c(Cl)c(F)c1. The predicted molar refractivity (Wildman–Crippen MR) is 101 cm³/mol. The molecule has 0 saturated carbocycles. The molecule has 0 bridgehead atoms. The fourth-order valence-corrected chi connectivity index (χ4v) is 3.32. The van der Waals surface area contributed by atoms with Crippen molar-refractivity contribution in [2.75, 3.05) is 19.8 Å². The fourth-order valence-electron chi connectivity index (χ4n) is 3.21. The minimum atomic E-state index is -4.82. The summed E-state index contributed by atoms with van der Waals surface area (Å²) in [5.41, 5.74) is -0.336. The molecule has 2 heterocycles. The largest absolute Gasteiger partial charge is 0.522 e. The number of hydrogen-bond donors (Lipinski definition) is 2. The standard InChI is InChI=1S/C18H16ClF5N4O6/c19-13-10(20)5-8(6-11(13)21)14(29)25-9-1-2-12(28(7-9)17(30)31)15-26-27-16(34-15)32-3-4-33-18(22,23)24/h5-6,9,12H,1-4,7H2,(H,25,29)(H,30,31)/t9-,12+/m0/s1. The van der Waals surface area contributed by atoms with Crippen LogP contribution in [0, 0.1) is 11.6 Å². The van der Waals surface area contributed by atoms with Crippen molar-refractivity contribution in [2.45, 2.75) is 31.3 Å². The van der Waals surface area contributed by atoms with Gasteiger partial charge in [-0.15, -0.1) is 18.3 Å². The number of halogens is 6. The Morgan fingerprint density at radius 3 is 2.50 bits per heavy atom. The number of amides is 2. The number of alkyl halides is 3. The smallest absolute Gasteiger partial charge is 0.465 e. The molecular formula is C18H16ClF5N4O6. The first-order valence-corrected chi connectivity index (χ1v) is 9.94. The first kappa shape index (κ1) is 25.4. The van der Waals surface area contributed by atoms with Crippen LogP contribution in [0.5, 0.6) is 6.08 Å². The Morgan fingerprint density at radius 2 is 1.88 bits per heavy atom. The first-order chi connectivity index (χ1) is 15.9. The van der Waals surface area contributed by atoms with E-state index in [1.54, 1.807) is 0 Å². The number of carbonyl (C=O) groups is 2. The maximum Gasteiger partial charge on any atom is 0.522 e.